The second-order valence-electron chi connectivity index (χ2n) is 7.39. The van der Waals surface area contributed by atoms with Gasteiger partial charge in [-0.3, -0.25) is 10.1 Å². The number of aryl methyl sites for hydroxylation is 1. The van der Waals surface area contributed by atoms with E-state index >= 15 is 0 Å². The molecule has 3 aromatic carbocycles. The SMILES string of the molecule is COc1ccc(C(C[N+](=O)[O-])c2c(-c3ccccc3)n(C)c3ccccc23)cc1OC. The summed E-state index contributed by atoms with van der Waals surface area (Å²) >= 11 is 0. The van der Waals surface area contributed by atoms with Crippen LogP contribution in [-0.2, 0) is 7.05 Å². The molecule has 1 atom stereocenters. The maximum atomic E-state index is 11.8. The standard InChI is InChI=1S/C25H24N2O4/c1-26-21-12-8-7-11-19(21)24(25(26)17-9-5-4-6-10-17)20(16-27(28)29)18-13-14-22(30-2)23(15-18)31-3/h4-15,20H,16H2,1-3H3. The van der Waals surface area contributed by atoms with Crippen molar-refractivity contribution in [1.29, 1.82) is 0 Å². The Balaban J connectivity index is 2.02. The highest BCUT2D eigenvalue weighted by Gasteiger charge is 2.29. The van der Waals surface area contributed by atoms with E-state index in [1.165, 1.54) is 0 Å². The molecule has 0 aliphatic heterocycles. The quantitative estimate of drug-likeness (QED) is 0.304. The second-order valence-corrected chi connectivity index (χ2v) is 7.39. The van der Waals surface area contributed by atoms with Crippen LogP contribution in [0.5, 0.6) is 11.5 Å². The summed E-state index contributed by atoms with van der Waals surface area (Å²) in [5.41, 5.74) is 4.77. The normalized spacial score (nSPS) is 12.0. The molecule has 1 aromatic heterocycles. The average Bonchev–Trinajstić information content (AvgIpc) is 3.09. The van der Waals surface area contributed by atoms with Gasteiger partial charge in [0, 0.05) is 22.9 Å². The first kappa shape index (κ1) is 20.5. The lowest BCUT2D eigenvalue weighted by molar-refractivity contribution is -0.481. The van der Waals surface area contributed by atoms with E-state index in [-0.39, 0.29) is 11.5 Å². The van der Waals surface area contributed by atoms with Gasteiger partial charge in [0.15, 0.2) is 11.5 Å². The van der Waals surface area contributed by atoms with E-state index in [0.29, 0.717) is 11.5 Å². The number of benzene rings is 3. The van der Waals surface area contributed by atoms with Crippen molar-refractivity contribution in [2.75, 3.05) is 20.8 Å². The number of fused-ring (bicyclic) bond motifs is 1. The number of para-hydroxylation sites is 1. The Kier molecular flexibility index (Phi) is 5.62. The summed E-state index contributed by atoms with van der Waals surface area (Å²) in [7, 11) is 5.15. The van der Waals surface area contributed by atoms with Crippen LogP contribution in [-0.4, -0.2) is 30.3 Å². The Morgan fingerprint density at radius 3 is 2.29 bits per heavy atom. The van der Waals surface area contributed by atoms with Gasteiger partial charge in [-0.2, -0.15) is 0 Å². The van der Waals surface area contributed by atoms with E-state index < -0.39 is 5.92 Å². The highest BCUT2D eigenvalue weighted by atomic mass is 16.6. The molecule has 0 aliphatic rings. The number of aromatic nitrogens is 1. The van der Waals surface area contributed by atoms with E-state index in [1.807, 2.05) is 73.8 Å². The molecule has 0 aliphatic carbocycles. The third-order valence-electron chi connectivity index (χ3n) is 5.68. The van der Waals surface area contributed by atoms with Crippen LogP contribution >= 0.6 is 0 Å². The highest BCUT2D eigenvalue weighted by Crippen LogP contribution is 2.42. The Labute approximate surface area is 180 Å². The molecule has 0 saturated carbocycles. The lowest BCUT2D eigenvalue weighted by atomic mass is 9.87. The zero-order valence-corrected chi connectivity index (χ0v) is 17.7. The van der Waals surface area contributed by atoms with Gasteiger partial charge in [-0.15, -0.1) is 0 Å². The minimum atomic E-state index is -0.462. The lowest BCUT2D eigenvalue weighted by Gasteiger charge is -2.18. The Bertz CT molecular complexity index is 1230. The van der Waals surface area contributed by atoms with E-state index in [4.69, 9.17) is 9.47 Å². The van der Waals surface area contributed by atoms with Gasteiger partial charge in [0.1, 0.15) is 0 Å². The van der Waals surface area contributed by atoms with Gasteiger partial charge in [-0.1, -0.05) is 54.6 Å². The van der Waals surface area contributed by atoms with Gasteiger partial charge in [0.2, 0.25) is 6.54 Å². The van der Waals surface area contributed by atoms with E-state index in [1.54, 1.807) is 20.3 Å². The molecule has 6 nitrogen and oxygen atoms in total. The molecule has 0 radical (unpaired) electrons. The van der Waals surface area contributed by atoms with Crippen LogP contribution in [0.4, 0.5) is 0 Å². The Hall–Kier alpha value is -3.80. The summed E-state index contributed by atoms with van der Waals surface area (Å²) in [6.45, 7) is -0.233. The van der Waals surface area contributed by atoms with Gasteiger partial charge < -0.3 is 14.0 Å². The van der Waals surface area contributed by atoms with E-state index in [9.17, 15) is 10.1 Å². The maximum Gasteiger partial charge on any atom is 0.214 e. The molecule has 4 aromatic rings. The Morgan fingerprint density at radius 2 is 1.61 bits per heavy atom. The first-order valence-corrected chi connectivity index (χ1v) is 10.0. The molecule has 0 bridgehead atoms. The van der Waals surface area contributed by atoms with Gasteiger partial charge in [-0.25, -0.2) is 0 Å². The van der Waals surface area contributed by atoms with Crippen LogP contribution in [0.2, 0.25) is 0 Å². The summed E-state index contributed by atoms with van der Waals surface area (Å²) in [5.74, 6) is 0.679. The summed E-state index contributed by atoms with van der Waals surface area (Å²) in [5, 5.41) is 12.8. The van der Waals surface area contributed by atoms with Crippen LogP contribution in [0.25, 0.3) is 22.2 Å². The van der Waals surface area contributed by atoms with Crippen molar-refractivity contribution < 1.29 is 14.4 Å². The molecule has 0 fully saturated rings. The van der Waals surface area contributed by atoms with Crippen LogP contribution < -0.4 is 9.47 Å². The number of methoxy groups -OCH3 is 2. The fraction of sp³-hybridized carbons (Fsp3) is 0.200. The first-order valence-electron chi connectivity index (χ1n) is 10.0. The van der Waals surface area contributed by atoms with E-state index in [0.717, 1.165) is 33.3 Å². The highest BCUT2D eigenvalue weighted by molar-refractivity contribution is 5.93. The molecule has 0 saturated heterocycles. The zero-order chi connectivity index (χ0) is 22.0. The van der Waals surface area contributed by atoms with Crippen molar-refractivity contribution >= 4 is 10.9 Å². The predicted octanol–water partition coefficient (Wildman–Crippen LogP) is 5.27. The number of nitro groups is 1. The molecule has 31 heavy (non-hydrogen) atoms. The van der Waals surface area contributed by atoms with Crippen molar-refractivity contribution in [3.8, 4) is 22.8 Å². The summed E-state index contributed by atoms with van der Waals surface area (Å²) in [6, 6.07) is 23.6. The largest absolute Gasteiger partial charge is 0.493 e. The smallest absolute Gasteiger partial charge is 0.214 e. The molecule has 1 heterocycles. The Morgan fingerprint density at radius 1 is 0.935 bits per heavy atom. The first-order chi connectivity index (χ1) is 15.0. The lowest BCUT2D eigenvalue weighted by Crippen LogP contribution is -2.15. The molecule has 0 amide bonds. The van der Waals surface area contributed by atoms with Crippen molar-refractivity contribution in [1.82, 2.24) is 4.57 Å². The predicted molar refractivity (Wildman–Crippen MR) is 122 cm³/mol. The maximum absolute atomic E-state index is 11.8. The number of ether oxygens (including phenoxy) is 2. The zero-order valence-electron chi connectivity index (χ0n) is 17.7. The number of nitrogens with zero attached hydrogens (tertiary/aromatic N) is 2. The van der Waals surface area contributed by atoms with Gasteiger partial charge in [-0.05, 0) is 34.9 Å². The molecule has 4 rings (SSSR count). The van der Waals surface area contributed by atoms with Crippen molar-refractivity contribution in [2.45, 2.75) is 5.92 Å². The monoisotopic (exact) mass is 416 g/mol. The van der Waals surface area contributed by atoms with Gasteiger partial charge in [0.25, 0.3) is 0 Å². The molecular weight excluding hydrogens is 392 g/mol. The molecular formula is C25H24N2O4. The topological polar surface area (TPSA) is 66.5 Å². The van der Waals surface area contributed by atoms with Crippen LogP contribution in [0.15, 0.2) is 72.8 Å². The molecule has 1 unspecified atom stereocenters. The summed E-state index contributed by atoms with van der Waals surface area (Å²) < 4.78 is 13.0. The molecule has 0 N–H and O–H groups in total. The number of hydrogen-bond acceptors (Lipinski definition) is 4. The molecule has 6 heteroatoms. The average molecular weight is 416 g/mol. The van der Waals surface area contributed by atoms with Crippen molar-refractivity contribution in [2.24, 2.45) is 7.05 Å². The van der Waals surface area contributed by atoms with Crippen LogP contribution in [0, 0.1) is 10.1 Å². The summed E-state index contributed by atoms with van der Waals surface area (Å²) in [6.07, 6.45) is 0. The summed E-state index contributed by atoms with van der Waals surface area (Å²) in [4.78, 5) is 11.5. The van der Waals surface area contributed by atoms with Crippen molar-refractivity contribution in [3.63, 3.8) is 0 Å². The number of hydrogen-bond donors (Lipinski definition) is 0. The fourth-order valence-corrected chi connectivity index (χ4v) is 4.30. The third kappa shape index (κ3) is 3.72. The minimum absolute atomic E-state index is 0.233. The van der Waals surface area contributed by atoms with Gasteiger partial charge in [0.05, 0.1) is 25.8 Å². The third-order valence-corrected chi connectivity index (χ3v) is 5.68. The van der Waals surface area contributed by atoms with Crippen LogP contribution in [0.1, 0.15) is 17.0 Å². The minimum Gasteiger partial charge on any atom is -0.493 e. The van der Waals surface area contributed by atoms with E-state index in [2.05, 4.69) is 4.57 Å². The van der Waals surface area contributed by atoms with Crippen molar-refractivity contribution in [3.05, 3.63) is 94.0 Å². The van der Waals surface area contributed by atoms with Crippen LogP contribution in [0.3, 0.4) is 0 Å². The second kappa shape index (κ2) is 8.52. The number of rotatable bonds is 7. The fourth-order valence-electron chi connectivity index (χ4n) is 4.30. The van der Waals surface area contributed by atoms with Gasteiger partial charge >= 0.3 is 0 Å². The molecule has 0 spiro atoms. The molecule has 158 valence electrons.